The van der Waals surface area contributed by atoms with Gasteiger partial charge in [0.25, 0.3) is 0 Å². The minimum atomic E-state index is -1.48. The highest BCUT2D eigenvalue weighted by atomic mass is 16.5. The molecule has 0 aromatic heterocycles. The molecule has 0 saturated carbocycles. The fraction of sp³-hybridized carbons (Fsp3) is 0.350. The van der Waals surface area contributed by atoms with Gasteiger partial charge < -0.3 is 33.5 Å². The number of ether oxygens (including phenoxy) is 6. The number of ketones is 1. The lowest BCUT2D eigenvalue weighted by atomic mass is 9.98. The number of hydrogen-bond donors (Lipinski definition) is 1. The van der Waals surface area contributed by atoms with Crippen LogP contribution in [0.5, 0.6) is 34.5 Å². The second-order valence-corrected chi connectivity index (χ2v) is 5.64. The minimum Gasteiger partial charge on any atom is -0.493 e. The normalized spacial score (nSPS) is 11.4. The predicted octanol–water partition coefficient (Wildman–Crippen LogP) is 2.65. The van der Waals surface area contributed by atoms with Crippen molar-refractivity contribution in [2.24, 2.45) is 0 Å². The summed E-state index contributed by atoms with van der Waals surface area (Å²) in [6.45, 7) is 0. The van der Waals surface area contributed by atoms with Gasteiger partial charge in [0.1, 0.15) is 6.10 Å². The van der Waals surface area contributed by atoms with Crippen LogP contribution in [0.2, 0.25) is 0 Å². The van der Waals surface area contributed by atoms with E-state index in [1.807, 2.05) is 0 Å². The summed E-state index contributed by atoms with van der Waals surface area (Å²) in [6.07, 6.45) is -1.48. The van der Waals surface area contributed by atoms with E-state index in [2.05, 4.69) is 0 Å². The van der Waals surface area contributed by atoms with E-state index in [4.69, 9.17) is 28.4 Å². The van der Waals surface area contributed by atoms with Gasteiger partial charge in [-0.3, -0.25) is 4.79 Å². The SMILES string of the molecule is COc1cc(C(=O)[C@@H](O)c2cc(OC)c(OC)c(OC)c2)cc(OC)c1OC. The van der Waals surface area contributed by atoms with Crippen molar-refractivity contribution in [3.63, 3.8) is 0 Å². The van der Waals surface area contributed by atoms with Crippen LogP contribution in [0.25, 0.3) is 0 Å². The van der Waals surface area contributed by atoms with Crippen LogP contribution in [0.1, 0.15) is 22.0 Å². The molecule has 0 aliphatic carbocycles. The average molecular weight is 392 g/mol. The van der Waals surface area contributed by atoms with Crippen LogP contribution >= 0.6 is 0 Å². The maximum absolute atomic E-state index is 12.9. The van der Waals surface area contributed by atoms with Crippen molar-refractivity contribution in [3.8, 4) is 34.5 Å². The topological polar surface area (TPSA) is 92.7 Å². The van der Waals surface area contributed by atoms with E-state index >= 15 is 0 Å². The van der Waals surface area contributed by atoms with Crippen LogP contribution in [-0.2, 0) is 0 Å². The van der Waals surface area contributed by atoms with Gasteiger partial charge in [0.15, 0.2) is 28.8 Å². The summed E-state index contributed by atoms with van der Waals surface area (Å²) >= 11 is 0. The Morgan fingerprint density at radius 2 is 1.04 bits per heavy atom. The summed E-state index contributed by atoms with van der Waals surface area (Å²) in [5, 5.41) is 10.7. The molecule has 152 valence electrons. The Morgan fingerprint density at radius 3 is 1.36 bits per heavy atom. The van der Waals surface area contributed by atoms with Crippen molar-refractivity contribution in [3.05, 3.63) is 35.4 Å². The summed E-state index contributed by atoms with van der Waals surface area (Å²) in [7, 11) is 8.73. The van der Waals surface area contributed by atoms with Crippen LogP contribution < -0.4 is 28.4 Å². The zero-order valence-electron chi connectivity index (χ0n) is 16.7. The van der Waals surface area contributed by atoms with E-state index in [-0.39, 0.29) is 11.1 Å². The van der Waals surface area contributed by atoms with Crippen LogP contribution in [-0.4, -0.2) is 53.5 Å². The second kappa shape index (κ2) is 9.18. The Bertz CT molecular complexity index is 796. The molecule has 0 radical (unpaired) electrons. The van der Waals surface area contributed by atoms with Gasteiger partial charge in [0.2, 0.25) is 11.5 Å². The average Bonchev–Trinajstić information content (AvgIpc) is 2.75. The number of benzene rings is 2. The van der Waals surface area contributed by atoms with E-state index in [9.17, 15) is 9.90 Å². The minimum absolute atomic E-state index is 0.191. The molecule has 1 N–H and O–H groups in total. The molecular formula is C20H24O8. The highest BCUT2D eigenvalue weighted by molar-refractivity contribution is 6.01. The molecule has 0 aliphatic rings. The summed E-state index contributed by atoms with van der Waals surface area (Å²) in [5.41, 5.74) is 0.476. The summed E-state index contributed by atoms with van der Waals surface area (Å²) < 4.78 is 31.6. The first-order chi connectivity index (χ1) is 13.4. The van der Waals surface area contributed by atoms with E-state index in [0.717, 1.165) is 0 Å². The van der Waals surface area contributed by atoms with E-state index < -0.39 is 11.9 Å². The Hall–Kier alpha value is -3.13. The van der Waals surface area contributed by atoms with Gasteiger partial charge in [-0.1, -0.05) is 0 Å². The molecule has 0 heterocycles. The quantitative estimate of drug-likeness (QED) is 0.651. The molecule has 0 unspecified atom stereocenters. The molecule has 0 aliphatic heterocycles. The van der Waals surface area contributed by atoms with Crippen molar-refractivity contribution >= 4 is 5.78 Å². The molecule has 2 aromatic carbocycles. The standard InChI is InChI=1S/C20H24O8/c1-23-13-7-11(8-14(24-2)19(13)27-5)17(21)18(22)12-9-15(25-3)20(28-6)16(10-12)26-4/h7-10,17,21H,1-6H3/t17-/m0/s1. The first-order valence-corrected chi connectivity index (χ1v) is 8.27. The maximum atomic E-state index is 12.9. The number of aliphatic hydroxyl groups is 1. The molecule has 1 atom stereocenters. The Balaban J connectivity index is 2.50. The van der Waals surface area contributed by atoms with Crippen molar-refractivity contribution in [1.29, 1.82) is 0 Å². The lowest BCUT2D eigenvalue weighted by molar-refractivity contribution is 0.0745. The van der Waals surface area contributed by atoms with Gasteiger partial charge in [0.05, 0.1) is 42.7 Å². The van der Waals surface area contributed by atoms with Gasteiger partial charge in [-0.2, -0.15) is 0 Å². The van der Waals surface area contributed by atoms with Gasteiger partial charge in [-0.05, 0) is 29.8 Å². The largest absolute Gasteiger partial charge is 0.493 e. The van der Waals surface area contributed by atoms with E-state index in [0.29, 0.717) is 34.5 Å². The van der Waals surface area contributed by atoms with Gasteiger partial charge in [0, 0.05) is 5.56 Å². The number of rotatable bonds is 9. The Kier molecular flexibility index (Phi) is 6.94. The van der Waals surface area contributed by atoms with Crippen LogP contribution in [0.15, 0.2) is 24.3 Å². The highest BCUT2D eigenvalue weighted by Crippen LogP contribution is 2.42. The van der Waals surface area contributed by atoms with Crippen LogP contribution in [0, 0.1) is 0 Å². The van der Waals surface area contributed by atoms with Crippen molar-refractivity contribution in [2.45, 2.75) is 6.10 Å². The van der Waals surface area contributed by atoms with Gasteiger partial charge in [-0.15, -0.1) is 0 Å². The Morgan fingerprint density at radius 1 is 0.679 bits per heavy atom. The number of carbonyl (C=O) groups excluding carboxylic acids is 1. The van der Waals surface area contributed by atoms with E-state index in [1.165, 1.54) is 66.9 Å². The lowest BCUT2D eigenvalue weighted by Crippen LogP contribution is -2.13. The molecule has 0 saturated heterocycles. The molecule has 0 fully saturated rings. The smallest absolute Gasteiger partial charge is 0.203 e. The summed E-state index contributed by atoms with van der Waals surface area (Å²) in [5.74, 6) is 1.42. The van der Waals surface area contributed by atoms with Crippen LogP contribution in [0.3, 0.4) is 0 Å². The lowest BCUT2D eigenvalue weighted by Gasteiger charge is -2.18. The Labute approximate surface area is 163 Å². The van der Waals surface area contributed by atoms with Crippen molar-refractivity contribution in [2.75, 3.05) is 42.7 Å². The van der Waals surface area contributed by atoms with Crippen LogP contribution in [0.4, 0.5) is 0 Å². The highest BCUT2D eigenvalue weighted by Gasteiger charge is 2.26. The van der Waals surface area contributed by atoms with Gasteiger partial charge in [-0.25, -0.2) is 0 Å². The number of carbonyl (C=O) groups is 1. The fourth-order valence-corrected chi connectivity index (χ4v) is 2.79. The molecule has 0 amide bonds. The molecule has 2 aromatic rings. The zero-order chi connectivity index (χ0) is 20.8. The molecule has 8 heteroatoms. The third-order valence-corrected chi connectivity index (χ3v) is 4.20. The van der Waals surface area contributed by atoms with E-state index in [1.54, 1.807) is 0 Å². The summed E-state index contributed by atoms with van der Waals surface area (Å²) in [6, 6.07) is 5.99. The van der Waals surface area contributed by atoms with Gasteiger partial charge >= 0.3 is 0 Å². The molecule has 2 rings (SSSR count). The number of Topliss-reactive ketones (excluding diaryl/α,β-unsaturated/α-hetero) is 1. The number of aliphatic hydroxyl groups excluding tert-OH is 1. The molecule has 8 nitrogen and oxygen atoms in total. The first-order valence-electron chi connectivity index (χ1n) is 8.27. The first kappa shape index (κ1) is 21.2. The number of methoxy groups -OCH3 is 6. The summed E-state index contributed by atoms with van der Waals surface area (Å²) in [4.78, 5) is 12.9. The molecule has 0 spiro atoms. The second-order valence-electron chi connectivity index (χ2n) is 5.64. The monoisotopic (exact) mass is 392 g/mol. The van der Waals surface area contributed by atoms with Crippen molar-refractivity contribution in [1.82, 2.24) is 0 Å². The fourth-order valence-electron chi connectivity index (χ4n) is 2.79. The maximum Gasteiger partial charge on any atom is 0.203 e. The number of hydrogen-bond acceptors (Lipinski definition) is 8. The molecular weight excluding hydrogens is 368 g/mol. The molecule has 28 heavy (non-hydrogen) atoms. The third kappa shape index (κ3) is 3.91. The molecule has 0 bridgehead atoms. The predicted molar refractivity (Wildman–Crippen MR) is 101 cm³/mol. The third-order valence-electron chi connectivity index (χ3n) is 4.20. The van der Waals surface area contributed by atoms with Crippen molar-refractivity contribution < 1.29 is 38.3 Å². The zero-order valence-corrected chi connectivity index (χ0v) is 16.7.